The van der Waals surface area contributed by atoms with Crippen molar-refractivity contribution in [2.75, 3.05) is 27.4 Å². The predicted octanol–water partition coefficient (Wildman–Crippen LogP) is 6.84. The van der Waals surface area contributed by atoms with Crippen molar-refractivity contribution >= 4 is 23.9 Å². The average molecular weight is 748 g/mol. The van der Waals surface area contributed by atoms with Crippen LogP contribution >= 0.6 is 0 Å². The van der Waals surface area contributed by atoms with Gasteiger partial charge in [0.15, 0.2) is 36.0 Å². The van der Waals surface area contributed by atoms with Gasteiger partial charge in [0.25, 0.3) is 0 Å². The second-order valence-corrected chi connectivity index (χ2v) is 19.4. The molecular formula is C41H65NO11. The van der Waals surface area contributed by atoms with Gasteiger partial charge in [0, 0.05) is 12.6 Å². The molecule has 1 aromatic carbocycles. The second-order valence-electron chi connectivity index (χ2n) is 19.4. The molecule has 0 saturated carbocycles. The monoisotopic (exact) mass is 747 g/mol. The highest BCUT2D eigenvalue weighted by molar-refractivity contribution is 5.78. The van der Waals surface area contributed by atoms with Crippen molar-refractivity contribution in [1.82, 2.24) is 4.90 Å². The quantitative estimate of drug-likeness (QED) is 0.204. The molecule has 2 aliphatic rings. The topological polar surface area (TPSA) is 136 Å². The summed E-state index contributed by atoms with van der Waals surface area (Å²) in [5.74, 6) is -1.10. The molecule has 12 nitrogen and oxygen atoms in total. The third-order valence-electron chi connectivity index (χ3n) is 9.22. The largest absolute Gasteiger partial charge is 0.493 e. The molecule has 2 heterocycles. The van der Waals surface area contributed by atoms with E-state index in [1.807, 2.05) is 12.1 Å². The molecule has 1 aromatic rings. The number of hydrogen-bond donors (Lipinski definition) is 0. The summed E-state index contributed by atoms with van der Waals surface area (Å²) in [6.45, 7) is 27.0. The van der Waals surface area contributed by atoms with E-state index in [1.165, 1.54) is 0 Å². The molecule has 300 valence electrons. The Balaban J connectivity index is 2.35. The van der Waals surface area contributed by atoms with Gasteiger partial charge in [0.1, 0.15) is 12.7 Å². The zero-order valence-corrected chi connectivity index (χ0v) is 35.2. The first-order valence-corrected chi connectivity index (χ1v) is 18.5. The molecule has 0 amide bonds. The van der Waals surface area contributed by atoms with Crippen LogP contribution in [-0.4, -0.2) is 86.8 Å². The number of hydrogen-bond acceptors (Lipinski definition) is 12. The Labute approximate surface area is 316 Å². The van der Waals surface area contributed by atoms with Crippen LogP contribution in [0.3, 0.4) is 0 Å². The molecule has 1 fully saturated rings. The van der Waals surface area contributed by atoms with Gasteiger partial charge in [0.2, 0.25) is 0 Å². The molecule has 1 saturated heterocycles. The van der Waals surface area contributed by atoms with Crippen LogP contribution in [0.1, 0.15) is 121 Å². The van der Waals surface area contributed by atoms with Gasteiger partial charge in [0.05, 0.1) is 35.9 Å². The van der Waals surface area contributed by atoms with Crippen LogP contribution in [0.5, 0.6) is 11.5 Å². The van der Waals surface area contributed by atoms with Gasteiger partial charge in [-0.3, -0.25) is 24.1 Å². The van der Waals surface area contributed by atoms with Crippen molar-refractivity contribution in [3.8, 4) is 11.5 Å². The minimum absolute atomic E-state index is 0.326. The zero-order chi connectivity index (χ0) is 40.6. The van der Waals surface area contributed by atoms with Gasteiger partial charge in [-0.05, 0) is 118 Å². The molecule has 53 heavy (non-hydrogen) atoms. The van der Waals surface area contributed by atoms with Crippen molar-refractivity contribution in [3.05, 3.63) is 23.3 Å². The molecule has 0 aliphatic carbocycles. The smallest absolute Gasteiger partial charge is 0.311 e. The van der Waals surface area contributed by atoms with Gasteiger partial charge in [-0.2, -0.15) is 0 Å². The first kappa shape index (κ1) is 44.0. The Morgan fingerprint density at radius 1 is 0.642 bits per heavy atom. The van der Waals surface area contributed by atoms with E-state index in [2.05, 4.69) is 25.7 Å². The summed E-state index contributed by atoms with van der Waals surface area (Å²) in [5, 5.41) is 0. The summed E-state index contributed by atoms with van der Waals surface area (Å²) in [6, 6.07) is 3.59. The van der Waals surface area contributed by atoms with Gasteiger partial charge < -0.3 is 33.2 Å². The molecule has 0 spiro atoms. The molecule has 6 atom stereocenters. The molecule has 2 aliphatic heterocycles. The first-order chi connectivity index (χ1) is 24.0. The molecule has 0 bridgehead atoms. The Morgan fingerprint density at radius 3 is 1.51 bits per heavy atom. The molecule has 3 rings (SSSR count). The van der Waals surface area contributed by atoms with E-state index in [0.717, 1.165) is 11.1 Å². The standard InChI is InChI=1S/C41H65NO11/c1-37(2,3)31-24-21-26(48-17)25(47-16)20-23(24)18-19-42(31)32-30(53-36(46)41(13,14)15)29(52-35(45)40(10,11)12)28(51-34(44)39(7,8)9)27(50-32)22-49-33(43)38(4,5)6/h20-21,27-32H,18-19,22H2,1-17H3/t27-,28+,29+,30-,31+,32-/m1/s1. The second kappa shape index (κ2) is 15.8. The maximum Gasteiger partial charge on any atom is 0.311 e. The van der Waals surface area contributed by atoms with Crippen molar-refractivity contribution in [2.24, 2.45) is 27.1 Å². The highest BCUT2D eigenvalue weighted by Crippen LogP contribution is 2.48. The highest BCUT2D eigenvalue weighted by Gasteiger charge is 2.58. The minimum atomic E-state index is -1.34. The number of carbonyl (C=O) groups excluding carboxylic acids is 4. The fraction of sp³-hybridized carbons (Fsp3) is 0.756. The van der Waals surface area contributed by atoms with Crippen LogP contribution in [-0.2, 0) is 49.3 Å². The molecule has 0 radical (unpaired) electrons. The van der Waals surface area contributed by atoms with E-state index in [4.69, 9.17) is 33.2 Å². The lowest BCUT2D eigenvalue weighted by molar-refractivity contribution is -0.291. The molecular weight excluding hydrogens is 682 g/mol. The molecule has 0 N–H and O–H groups in total. The normalized spacial score (nSPS) is 24.4. The van der Waals surface area contributed by atoms with Crippen molar-refractivity contribution in [2.45, 2.75) is 147 Å². The molecule has 12 heteroatoms. The van der Waals surface area contributed by atoms with E-state index in [1.54, 1.807) is 97.3 Å². The number of nitrogens with zero attached hydrogens (tertiary/aromatic N) is 1. The minimum Gasteiger partial charge on any atom is -0.493 e. The number of carbonyl (C=O) groups is 4. The van der Waals surface area contributed by atoms with Crippen LogP contribution in [0.4, 0.5) is 0 Å². The molecule has 0 aromatic heterocycles. The highest BCUT2D eigenvalue weighted by atomic mass is 16.7. The summed E-state index contributed by atoms with van der Waals surface area (Å²) in [6.07, 6.45) is -5.53. The molecule has 0 unspecified atom stereocenters. The Kier molecular flexibility index (Phi) is 13.1. The van der Waals surface area contributed by atoms with Crippen LogP contribution in [0, 0.1) is 27.1 Å². The number of rotatable bonds is 8. The van der Waals surface area contributed by atoms with Gasteiger partial charge >= 0.3 is 23.9 Å². The Bertz CT molecular complexity index is 1500. The van der Waals surface area contributed by atoms with Crippen molar-refractivity contribution in [3.63, 3.8) is 0 Å². The summed E-state index contributed by atoms with van der Waals surface area (Å²) >= 11 is 0. The average Bonchev–Trinajstić information content (AvgIpc) is 3.01. The van der Waals surface area contributed by atoms with Gasteiger partial charge in [-0.25, -0.2) is 0 Å². The van der Waals surface area contributed by atoms with E-state index in [0.29, 0.717) is 24.5 Å². The number of methoxy groups -OCH3 is 2. The van der Waals surface area contributed by atoms with Crippen LogP contribution in [0.2, 0.25) is 0 Å². The first-order valence-electron chi connectivity index (χ1n) is 18.5. The van der Waals surface area contributed by atoms with Crippen molar-refractivity contribution in [1.29, 1.82) is 0 Å². The lowest BCUT2D eigenvalue weighted by Gasteiger charge is -2.54. The number of ether oxygens (including phenoxy) is 7. The third-order valence-corrected chi connectivity index (χ3v) is 9.22. The zero-order valence-electron chi connectivity index (χ0n) is 35.2. The fourth-order valence-electron chi connectivity index (χ4n) is 6.18. The summed E-state index contributed by atoms with van der Waals surface area (Å²) in [4.78, 5) is 56.6. The fourth-order valence-corrected chi connectivity index (χ4v) is 6.18. The van der Waals surface area contributed by atoms with Crippen LogP contribution in [0.25, 0.3) is 0 Å². The number of benzene rings is 1. The Hall–Kier alpha value is -3.38. The predicted molar refractivity (Wildman–Crippen MR) is 199 cm³/mol. The summed E-state index contributed by atoms with van der Waals surface area (Å²) in [5.41, 5.74) is -2.16. The summed E-state index contributed by atoms with van der Waals surface area (Å²) < 4.78 is 43.0. The Morgan fingerprint density at radius 2 is 1.08 bits per heavy atom. The summed E-state index contributed by atoms with van der Waals surface area (Å²) in [7, 11) is 3.18. The van der Waals surface area contributed by atoms with E-state index in [-0.39, 0.29) is 12.6 Å². The van der Waals surface area contributed by atoms with E-state index in [9.17, 15) is 19.2 Å². The third kappa shape index (κ3) is 10.4. The van der Waals surface area contributed by atoms with E-state index >= 15 is 0 Å². The maximum atomic E-state index is 13.9. The van der Waals surface area contributed by atoms with Gasteiger partial charge in [-0.1, -0.05) is 20.8 Å². The SMILES string of the molecule is COc1cc2c(cc1OC)[C@@H](C(C)(C)C)N([C@@H]1O[C@H](COC(=O)C(C)(C)C)[C@H](OC(=O)C(C)(C)C)[C@H](OC(=O)C(C)(C)C)[C@H]1OC(=O)C(C)(C)C)CC2. The number of esters is 4. The van der Waals surface area contributed by atoms with Crippen LogP contribution in [0.15, 0.2) is 12.1 Å². The van der Waals surface area contributed by atoms with Gasteiger partial charge in [-0.15, -0.1) is 0 Å². The number of fused-ring (bicyclic) bond motifs is 1. The van der Waals surface area contributed by atoms with Crippen LogP contribution < -0.4 is 9.47 Å². The van der Waals surface area contributed by atoms with E-state index < -0.39 is 81.6 Å². The maximum absolute atomic E-state index is 13.9. The lowest BCUT2D eigenvalue weighted by atomic mass is 9.76. The lowest BCUT2D eigenvalue weighted by Crippen LogP contribution is -2.68. The van der Waals surface area contributed by atoms with Crippen molar-refractivity contribution < 1.29 is 52.3 Å².